The number of carbonyl (C=O) groups is 1. The van der Waals surface area contributed by atoms with Gasteiger partial charge < -0.3 is 10.2 Å². The highest BCUT2D eigenvalue weighted by Gasteiger charge is 2.14. The standard InChI is InChI=1S/C19H24N4O/c1-14-8-7-9-15(2)18(14)20-19(24)16-10-11-17(22-21-16)23-12-5-3-4-6-13-23/h7-11H,3-6,12-13H2,1-2H3,(H,20,24). The number of aryl methyl sites for hydroxylation is 2. The lowest BCUT2D eigenvalue weighted by Crippen LogP contribution is -2.25. The van der Waals surface area contributed by atoms with Gasteiger partial charge in [0.1, 0.15) is 0 Å². The Morgan fingerprint density at radius 2 is 1.62 bits per heavy atom. The summed E-state index contributed by atoms with van der Waals surface area (Å²) >= 11 is 0. The van der Waals surface area contributed by atoms with Crippen molar-refractivity contribution in [3.63, 3.8) is 0 Å². The fourth-order valence-electron chi connectivity index (χ4n) is 3.10. The van der Waals surface area contributed by atoms with Crippen LogP contribution in [0.5, 0.6) is 0 Å². The first-order valence-electron chi connectivity index (χ1n) is 8.61. The third-order valence-electron chi connectivity index (χ3n) is 4.53. The van der Waals surface area contributed by atoms with Gasteiger partial charge in [0, 0.05) is 18.8 Å². The van der Waals surface area contributed by atoms with Crippen molar-refractivity contribution < 1.29 is 4.79 Å². The number of benzene rings is 1. The Morgan fingerprint density at radius 1 is 0.958 bits per heavy atom. The highest BCUT2D eigenvalue weighted by molar-refractivity contribution is 6.03. The number of amides is 1. The fourth-order valence-corrected chi connectivity index (χ4v) is 3.10. The predicted molar refractivity (Wildman–Crippen MR) is 96.6 cm³/mol. The predicted octanol–water partition coefficient (Wildman–Crippen LogP) is 3.73. The first-order chi connectivity index (χ1) is 11.6. The van der Waals surface area contributed by atoms with E-state index in [-0.39, 0.29) is 5.91 Å². The van der Waals surface area contributed by atoms with Crippen LogP contribution >= 0.6 is 0 Å². The van der Waals surface area contributed by atoms with Gasteiger partial charge in [-0.05, 0) is 49.9 Å². The zero-order chi connectivity index (χ0) is 16.9. The van der Waals surface area contributed by atoms with Gasteiger partial charge in [0.05, 0.1) is 0 Å². The van der Waals surface area contributed by atoms with Crippen molar-refractivity contribution >= 4 is 17.4 Å². The molecule has 1 N–H and O–H groups in total. The highest BCUT2D eigenvalue weighted by Crippen LogP contribution is 2.21. The Kier molecular flexibility index (Phi) is 5.08. The van der Waals surface area contributed by atoms with Crippen molar-refractivity contribution in [2.24, 2.45) is 0 Å². The molecular weight excluding hydrogens is 300 g/mol. The topological polar surface area (TPSA) is 58.1 Å². The molecule has 0 atom stereocenters. The van der Waals surface area contributed by atoms with Gasteiger partial charge in [-0.2, -0.15) is 0 Å². The smallest absolute Gasteiger partial charge is 0.276 e. The van der Waals surface area contributed by atoms with Crippen LogP contribution in [0.4, 0.5) is 11.5 Å². The van der Waals surface area contributed by atoms with Crippen LogP contribution in [-0.2, 0) is 0 Å². The van der Waals surface area contributed by atoms with Gasteiger partial charge in [0.25, 0.3) is 5.91 Å². The number of rotatable bonds is 3. The molecule has 0 aliphatic carbocycles. The molecule has 1 amide bonds. The van der Waals surface area contributed by atoms with E-state index in [1.807, 2.05) is 38.1 Å². The monoisotopic (exact) mass is 324 g/mol. The Morgan fingerprint density at radius 3 is 2.21 bits per heavy atom. The number of nitrogens with one attached hydrogen (secondary N) is 1. The summed E-state index contributed by atoms with van der Waals surface area (Å²) in [5.74, 6) is 0.642. The third kappa shape index (κ3) is 3.72. The van der Waals surface area contributed by atoms with Crippen LogP contribution in [0.3, 0.4) is 0 Å². The summed E-state index contributed by atoms with van der Waals surface area (Å²) in [6, 6.07) is 9.61. The van der Waals surface area contributed by atoms with Crippen LogP contribution in [-0.4, -0.2) is 29.2 Å². The van der Waals surface area contributed by atoms with E-state index in [0.717, 1.165) is 35.7 Å². The summed E-state index contributed by atoms with van der Waals surface area (Å²) in [4.78, 5) is 14.7. The number of nitrogens with zero attached hydrogens (tertiary/aromatic N) is 3. The number of para-hydroxylation sites is 1. The van der Waals surface area contributed by atoms with Crippen LogP contribution in [0.15, 0.2) is 30.3 Å². The summed E-state index contributed by atoms with van der Waals surface area (Å²) < 4.78 is 0. The van der Waals surface area contributed by atoms with E-state index < -0.39 is 0 Å². The second-order valence-corrected chi connectivity index (χ2v) is 6.40. The van der Waals surface area contributed by atoms with E-state index in [4.69, 9.17) is 0 Å². The molecule has 0 saturated carbocycles. The third-order valence-corrected chi connectivity index (χ3v) is 4.53. The zero-order valence-corrected chi connectivity index (χ0v) is 14.4. The van der Waals surface area contributed by atoms with Crippen molar-refractivity contribution in [2.75, 3.05) is 23.3 Å². The molecule has 1 aliphatic heterocycles. The van der Waals surface area contributed by atoms with E-state index in [9.17, 15) is 4.79 Å². The van der Waals surface area contributed by atoms with Crippen molar-refractivity contribution in [1.29, 1.82) is 0 Å². The van der Waals surface area contributed by atoms with E-state index in [2.05, 4.69) is 20.4 Å². The quantitative estimate of drug-likeness (QED) is 0.934. The molecule has 5 heteroatoms. The Hall–Kier alpha value is -2.43. The highest BCUT2D eigenvalue weighted by atomic mass is 16.1. The molecule has 1 fully saturated rings. The molecule has 1 saturated heterocycles. The van der Waals surface area contributed by atoms with Gasteiger partial charge in [-0.15, -0.1) is 10.2 Å². The van der Waals surface area contributed by atoms with Gasteiger partial charge >= 0.3 is 0 Å². The maximum absolute atomic E-state index is 12.4. The van der Waals surface area contributed by atoms with Crippen molar-refractivity contribution in [3.8, 4) is 0 Å². The maximum atomic E-state index is 12.4. The van der Waals surface area contributed by atoms with Crippen molar-refractivity contribution in [3.05, 3.63) is 47.2 Å². The van der Waals surface area contributed by atoms with Crippen LogP contribution in [0.2, 0.25) is 0 Å². The lowest BCUT2D eigenvalue weighted by molar-refractivity contribution is 0.102. The number of hydrogen-bond donors (Lipinski definition) is 1. The minimum absolute atomic E-state index is 0.220. The summed E-state index contributed by atoms with van der Waals surface area (Å²) in [6.45, 7) is 6.00. The minimum atomic E-state index is -0.220. The summed E-state index contributed by atoms with van der Waals surface area (Å²) in [7, 11) is 0. The molecular formula is C19H24N4O. The van der Waals surface area contributed by atoms with Crippen LogP contribution in [0.25, 0.3) is 0 Å². The number of aromatic nitrogens is 2. The molecule has 0 spiro atoms. The lowest BCUT2D eigenvalue weighted by Gasteiger charge is -2.20. The first kappa shape index (κ1) is 16.4. The van der Waals surface area contributed by atoms with Gasteiger partial charge in [0.2, 0.25) is 0 Å². The average molecular weight is 324 g/mol. The Balaban J connectivity index is 1.72. The molecule has 2 heterocycles. The molecule has 2 aromatic rings. The lowest BCUT2D eigenvalue weighted by atomic mass is 10.1. The summed E-state index contributed by atoms with van der Waals surface area (Å²) in [6.07, 6.45) is 4.94. The van der Waals surface area contributed by atoms with Gasteiger partial charge in [-0.1, -0.05) is 31.0 Å². The van der Waals surface area contributed by atoms with E-state index in [1.54, 1.807) is 6.07 Å². The molecule has 0 unspecified atom stereocenters. The first-order valence-corrected chi connectivity index (χ1v) is 8.61. The van der Waals surface area contributed by atoms with E-state index in [0.29, 0.717) is 5.69 Å². The summed E-state index contributed by atoms with van der Waals surface area (Å²) in [5.41, 5.74) is 3.27. The van der Waals surface area contributed by atoms with Crippen LogP contribution in [0, 0.1) is 13.8 Å². The minimum Gasteiger partial charge on any atom is -0.355 e. The largest absolute Gasteiger partial charge is 0.355 e. The number of hydrogen-bond acceptors (Lipinski definition) is 4. The Bertz CT molecular complexity index is 684. The van der Waals surface area contributed by atoms with Crippen molar-refractivity contribution in [2.45, 2.75) is 39.5 Å². The summed E-state index contributed by atoms with van der Waals surface area (Å²) in [5, 5.41) is 11.4. The fraction of sp³-hybridized carbons (Fsp3) is 0.421. The molecule has 0 bridgehead atoms. The zero-order valence-electron chi connectivity index (χ0n) is 14.4. The number of anilines is 2. The SMILES string of the molecule is Cc1cccc(C)c1NC(=O)c1ccc(N2CCCCCC2)nn1. The normalized spacial score (nSPS) is 15.0. The molecule has 24 heavy (non-hydrogen) atoms. The van der Waals surface area contributed by atoms with Gasteiger partial charge in [0.15, 0.2) is 11.5 Å². The number of carbonyl (C=O) groups excluding carboxylic acids is 1. The molecule has 1 aromatic heterocycles. The average Bonchev–Trinajstić information content (AvgIpc) is 2.88. The molecule has 5 nitrogen and oxygen atoms in total. The van der Waals surface area contributed by atoms with Crippen molar-refractivity contribution in [1.82, 2.24) is 10.2 Å². The van der Waals surface area contributed by atoms with E-state index in [1.165, 1.54) is 25.7 Å². The van der Waals surface area contributed by atoms with Crippen LogP contribution < -0.4 is 10.2 Å². The molecule has 1 aromatic carbocycles. The molecule has 0 radical (unpaired) electrons. The van der Waals surface area contributed by atoms with Gasteiger partial charge in [-0.3, -0.25) is 4.79 Å². The van der Waals surface area contributed by atoms with Crippen LogP contribution in [0.1, 0.15) is 47.3 Å². The molecule has 3 rings (SSSR count). The molecule has 126 valence electrons. The van der Waals surface area contributed by atoms with Gasteiger partial charge in [-0.25, -0.2) is 0 Å². The second-order valence-electron chi connectivity index (χ2n) is 6.40. The van der Waals surface area contributed by atoms with E-state index >= 15 is 0 Å². The molecule has 1 aliphatic rings. The second kappa shape index (κ2) is 7.43. The Labute approximate surface area is 143 Å². The maximum Gasteiger partial charge on any atom is 0.276 e.